The van der Waals surface area contributed by atoms with E-state index in [1.54, 1.807) is 0 Å². The zero-order valence-electron chi connectivity index (χ0n) is 7.75. The molecule has 2 nitrogen and oxygen atoms in total. The Hall–Kier alpha value is -0.890. The smallest absolute Gasteiger partial charge is 0.0270 e. The van der Waals surface area contributed by atoms with Crippen LogP contribution >= 0.6 is 0 Å². The highest BCUT2D eigenvalue weighted by atomic mass is 14.6. The molecule has 0 fully saturated rings. The number of hydrogen-bond acceptors (Lipinski definition) is 2. The molecule has 0 spiro atoms. The molecule has 0 aromatic carbocycles. The molecule has 0 saturated carbocycles. The lowest BCUT2D eigenvalue weighted by Gasteiger charge is -2.23. The molecule has 0 bridgehead atoms. The first-order valence-electron chi connectivity index (χ1n) is 4.27. The Kier molecular flexibility index (Phi) is 2.82. The quantitative estimate of drug-likeness (QED) is 0.738. The van der Waals surface area contributed by atoms with E-state index in [1.807, 2.05) is 12.4 Å². The van der Waals surface area contributed by atoms with Crippen molar-refractivity contribution in [2.24, 2.45) is 5.73 Å². The first-order valence-corrected chi connectivity index (χ1v) is 4.27. The Balaban J connectivity index is 2.82. The van der Waals surface area contributed by atoms with Crippen LogP contribution in [0.15, 0.2) is 24.5 Å². The normalized spacial score (nSPS) is 11.6. The molecule has 1 rings (SSSR count). The Morgan fingerprint density at radius 2 is 1.92 bits per heavy atom. The van der Waals surface area contributed by atoms with Crippen LogP contribution in [0, 0.1) is 0 Å². The van der Waals surface area contributed by atoms with Gasteiger partial charge in [-0.15, -0.1) is 0 Å². The monoisotopic (exact) mass is 164 g/mol. The summed E-state index contributed by atoms with van der Waals surface area (Å²) < 4.78 is 0. The van der Waals surface area contributed by atoms with Crippen LogP contribution in [0.3, 0.4) is 0 Å². The maximum Gasteiger partial charge on any atom is 0.0270 e. The molecule has 1 heterocycles. The predicted octanol–water partition coefficient (Wildman–Crippen LogP) is 1.71. The summed E-state index contributed by atoms with van der Waals surface area (Å²) >= 11 is 0. The number of pyridine rings is 1. The molecule has 0 aliphatic heterocycles. The molecular weight excluding hydrogens is 148 g/mol. The van der Waals surface area contributed by atoms with Crippen LogP contribution in [0.25, 0.3) is 0 Å². The Bertz CT molecular complexity index is 229. The summed E-state index contributed by atoms with van der Waals surface area (Å²) in [6.45, 7) is 5.14. The summed E-state index contributed by atoms with van der Waals surface area (Å²) in [5.74, 6) is 0. The Labute approximate surface area is 73.8 Å². The third-order valence-corrected chi connectivity index (χ3v) is 2.23. The van der Waals surface area contributed by atoms with E-state index in [0.717, 1.165) is 13.0 Å². The van der Waals surface area contributed by atoms with Crippen molar-refractivity contribution in [3.8, 4) is 0 Å². The summed E-state index contributed by atoms with van der Waals surface area (Å²) in [6.07, 6.45) is 4.66. The number of nitrogens with zero attached hydrogens (tertiary/aromatic N) is 1. The molecule has 1 aromatic rings. The number of rotatable bonds is 3. The highest BCUT2D eigenvalue weighted by Crippen LogP contribution is 2.25. The lowest BCUT2D eigenvalue weighted by molar-refractivity contribution is 0.487. The number of nitrogens with two attached hydrogens (primary N) is 1. The summed E-state index contributed by atoms with van der Waals surface area (Å²) in [4.78, 5) is 3.99. The minimum absolute atomic E-state index is 0.178. The summed E-state index contributed by atoms with van der Waals surface area (Å²) in [7, 11) is 0. The maximum absolute atomic E-state index is 5.54. The van der Waals surface area contributed by atoms with Crippen LogP contribution in [-0.4, -0.2) is 11.5 Å². The molecule has 1 aromatic heterocycles. The van der Waals surface area contributed by atoms with Gasteiger partial charge in [-0.05, 0) is 36.1 Å². The van der Waals surface area contributed by atoms with E-state index in [9.17, 15) is 0 Å². The van der Waals surface area contributed by atoms with Gasteiger partial charge in [-0.2, -0.15) is 0 Å². The average Bonchev–Trinajstić information content (AvgIpc) is 2.06. The van der Waals surface area contributed by atoms with Gasteiger partial charge in [-0.25, -0.2) is 0 Å². The van der Waals surface area contributed by atoms with Gasteiger partial charge in [0.25, 0.3) is 0 Å². The van der Waals surface area contributed by atoms with Gasteiger partial charge in [0.1, 0.15) is 0 Å². The van der Waals surface area contributed by atoms with Crippen LogP contribution in [0.1, 0.15) is 25.8 Å². The van der Waals surface area contributed by atoms with Crippen molar-refractivity contribution in [2.45, 2.75) is 25.7 Å². The van der Waals surface area contributed by atoms with Crippen molar-refractivity contribution < 1.29 is 0 Å². The molecule has 0 atom stereocenters. The van der Waals surface area contributed by atoms with Crippen LogP contribution in [0.2, 0.25) is 0 Å². The fourth-order valence-electron chi connectivity index (χ4n) is 1.31. The van der Waals surface area contributed by atoms with Crippen LogP contribution in [0.4, 0.5) is 0 Å². The molecule has 0 amide bonds. The first kappa shape index (κ1) is 9.20. The van der Waals surface area contributed by atoms with Gasteiger partial charge in [0.2, 0.25) is 0 Å². The molecule has 0 unspecified atom stereocenters. The lowest BCUT2D eigenvalue weighted by atomic mass is 9.82. The standard InChI is InChI=1S/C10H16N2/c1-10(2,5-6-11)9-3-7-12-8-4-9/h3-4,7-8H,5-6,11H2,1-2H3. The van der Waals surface area contributed by atoms with Gasteiger partial charge in [0, 0.05) is 12.4 Å². The van der Waals surface area contributed by atoms with Gasteiger partial charge in [0.15, 0.2) is 0 Å². The van der Waals surface area contributed by atoms with E-state index in [-0.39, 0.29) is 5.41 Å². The van der Waals surface area contributed by atoms with Gasteiger partial charge in [0.05, 0.1) is 0 Å². The largest absolute Gasteiger partial charge is 0.330 e. The number of aromatic nitrogens is 1. The van der Waals surface area contributed by atoms with Crippen LogP contribution < -0.4 is 5.73 Å². The second-order valence-electron chi connectivity index (χ2n) is 3.66. The van der Waals surface area contributed by atoms with Gasteiger partial charge in [-0.1, -0.05) is 13.8 Å². The minimum Gasteiger partial charge on any atom is -0.330 e. The van der Waals surface area contributed by atoms with E-state index in [2.05, 4.69) is 31.0 Å². The van der Waals surface area contributed by atoms with Gasteiger partial charge in [-0.3, -0.25) is 4.98 Å². The first-order chi connectivity index (χ1) is 5.67. The second-order valence-corrected chi connectivity index (χ2v) is 3.66. The topological polar surface area (TPSA) is 38.9 Å². The zero-order chi connectivity index (χ0) is 9.03. The van der Waals surface area contributed by atoms with Gasteiger partial charge >= 0.3 is 0 Å². The van der Waals surface area contributed by atoms with Crippen LogP contribution in [0.5, 0.6) is 0 Å². The highest BCUT2D eigenvalue weighted by molar-refractivity contribution is 5.20. The summed E-state index contributed by atoms with van der Waals surface area (Å²) in [6, 6.07) is 4.10. The van der Waals surface area contributed by atoms with Gasteiger partial charge < -0.3 is 5.73 Å². The molecule has 2 heteroatoms. The van der Waals surface area contributed by atoms with Crippen molar-refractivity contribution in [3.63, 3.8) is 0 Å². The van der Waals surface area contributed by atoms with E-state index in [0.29, 0.717) is 0 Å². The summed E-state index contributed by atoms with van der Waals surface area (Å²) in [5, 5.41) is 0. The molecule has 0 aliphatic carbocycles. The summed E-state index contributed by atoms with van der Waals surface area (Å²) in [5.41, 5.74) is 7.02. The zero-order valence-corrected chi connectivity index (χ0v) is 7.75. The molecule has 66 valence electrons. The van der Waals surface area contributed by atoms with Crippen molar-refractivity contribution in [1.82, 2.24) is 4.98 Å². The van der Waals surface area contributed by atoms with Crippen molar-refractivity contribution in [3.05, 3.63) is 30.1 Å². The van der Waals surface area contributed by atoms with E-state index < -0.39 is 0 Å². The molecular formula is C10H16N2. The minimum atomic E-state index is 0.178. The third kappa shape index (κ3) is 2.05. The van der Waals surface area contributed by atoms with E-state index in [4.69, 9.17) is 5.73 Å². The maximum atomic E-state index is 5.54. The predicted molar refractivity (Wildman–Crippen MR) is 50.9 cm³/mol. The fourth-order valence-corrected chi connectivity index (χ4v) is 1.31. The van der Waals surface area contributed by atoms with Crippen LogP contribution in [-0.2, 0) is 5.41 Å². The Morgan fingerprint density at radius 3 is 2.42 bits per heavy atom. The number of hydrogen-bond donors (Lipinski definition) is 1. The van der Waals surface area contributed by atoms with Crippen molar-refractivity contribution >= 4 is 0 Å². The average molecular weight is 164 g/mol. The SMILES string of the molecule is CC(C)(CCN)c1ccncc1. The molecule has 2 N–H and O–H groups in total. The highest BCUT2D eigenvalue weighted by Gasteiger charge is 2.18. The molecule has 0 radical (unpaired) electrons. The lowest BCUT2D eigenvalue weighted by Crippen LogP contribution is -2.21. The second kappa shape index (κ2) is 3.68. The van der Waals surface area contributed by atoms with E-state index >= 15 is 0 Å². The van der Waals surface area contributed by atoms with Crippen molar-refractivity contribution in [1.29, 1.82) is 0 Å². The molecule has 0 saturated heterocycles. The van der Waals surface area contributed by atoms with E-state index in [1.165, 1.54) is 5.56 Å². The molecule has 12 heavy (non-hydrogen) atoms. The molecule has 0 aliphatic rings. The van der Waals surface area contributed by atoms with Crippen molar-refractivity contribution in [2.75, 3.05) is 6.54 Å². The third-order valence-electron chi connectivity index (χ3n) is 2.23. The Morgan fingerprint density at radius 1 is 1.33 bits per heavy atom. The fraction of sp³-hybridized carbons (Fsp3) is 0.500.